The lowest BCUT2D eigenvalue weighted by atomic mass is 10.1. The van der Waals surface area contributed by atoms with Crippen molar-refractivity contribution in [3.05, 3.63) is 64.1 Å². The summed E-state index contributed by atoms with van der Waals surface area (Å²) in [6.45, 7) is 0.866. The fourth-order valence-electron chi connectivity index (χ4n) is 2.67. The number of hydrogen-bond acceptors (Lipinski definition) is 3. The second kappa shape index (κ2) is 9.22. The van der Waals surface area contributed by atoms with E-state index >= 15 is 0 Å². The van der Waals surface area contributed by atoms with Crippen LogP contribution in [-0.2, 0) is 6.61 Å². The van der Waals surface area contributed by atoms with E-state index in [4.69, 9.17) is 10.5 Å². The lowest BCUT2D eigenvalue weighted by Gasteiger charge is -2.18. The Morgan fingerprint density at radius 2 is 1.88 bits per heavy atom. The molecule has 134 valence electrons. The van der Waals surface area contributed by atoms with Gasteiger partial charge in [-0.2, -0.15) is 0 Å². The van der Waals surface area contributed by atoms with E-state index in [1.54, 1.807) is 6.07 Å². The SMILES string of the molecule is Cl.NCC(NC(=O)c1ccccc1OCc1ccccc1Br)C1CC1. The smallest absolute Gasteiger partial charge is 0.255 e. The monoisotopic (exact) mass is 424 g/mol. The minimum absolute atomic E-state index is 0. The average molecular weight is 426 g/mol. The Kier molecular flexibility index (Phi) is 7.29. The molecule has 4 nitrogen and oxygen atoms in total. The van der Waals surface area contributed by atoms with Gasteiger partial charge in [-0.05, 0) is 37.0 Å². The quantitative estimate of drug-likeness (QED) is 0.707. The van der Waals surface area contributed by atoms with E-state index in [1.165, 1.54) is 0 Å². The van der Waals surface area contributed by atoms with E-state index in [9.17, 15) is 4.79 Å². The van der Waals surface area contributed by atoms with Gasteiger partial charge < -0.3 is 15.8 Å². The average Bonchev–Trinajstić information content (AvgIpc) is 3.44. The van der Waals surface area contributed by atoms with Crippen molar-refractivity contribution in [3.8, 4) is 5.75 Å². The van der Waals surface area contributed by atoms with Crippen LogP contribution in [0.25, 0.3) is 0 Å². The zero-order valence-electron chi connectivity index (χ0n) is 13.8. The third-order valence-corrected chi connectivity index (χ3v) is 5.01. The fraction of sp³-hybridized carbons (Fsp3) is 0.316. The summed E-state index contributed by atoms with van der Waals surface area (Å²) in [4.78, 5) is 12.6. The highest BCUT2D eigenvalue weighted by atomic mass is 79.9. The molecule has 25 heavy (non-hydrogen) atoms. The summed E-state index contributed by atoms with van der Waals surface area (Å²) in [6, 6.07) is 15.2. The van der Waals surface area contributed by atoms with E-state index in [0.29, 0.717) is 30.4 Å². The minimum Gasteiger partial charge on any atom is -0.488 e. The molecule has 1 atom stereocenters. The van der Waals surface area contributed by atoms with Gasteiger partial charge in [-0.3, -0.25) is 4.79 Å². The molecule has 3 N–H and O–H groups in total. The summed E-state index contributed by atoms with van der Waals surface area (Å²) in [5.74, 6) is 0.977. The standard InChI is InChI=1S/C19H21BrN2O2.ClH/c20-16-7-3-1-5-14(16)12-24-18-8-4-2-6-15(18)19(23)22-17(11-21)13-9-10-13;/h1-8,13,17H,9-12,21H2,(H,22,23);1H. The van der Waals surface area contributed by atoms with Crippen LogP contribution >= 0.6 is 28.3 Å². The van der Waals surface area contributed by atoms with Crippen molar-refractivity contribution in [2.24, 2.45) is 11.7 Å². The molecule has 2 aromatic rings. The topological polar surface area (TPSA) is 64.3 Å². The number of nitrogens with two attached hydrogens (primary N) is 1. The second-order valence-electron chi connectivity index (χ2n) is 6.03. The van der Waals surface area contributed by atoms with Crippen molar-refractivity contribution in [2.45, 2.75) is 25.5 Å². The van der Waals surface area contributed by atoms with Crippen molar-refractivity contribution < 1.29 is 9.53 Å². The number of carbonyl (C=O) groups is 1. The first-order chi connectivity index (χ1) is 11.7. The molecular weight excluding hydrogens is 404 g/mol. The van der Waals surface area contributed by atoms with Gasteiger partial charge >= 0.3 is 0 Å². The molecular formula is C19H22BrClN2O2. The molecule has 0 heterocycles. The predicted octanol–water partition coefficient (Wildman–Crippen LogP) is 3.92. The summed E-state index contributed by atoms with van der Waals surface area (Å²) in [6.07, 6.45) is 2.28. The number of amides is 1. The lowest BCUT2D eigenvalue weighted by molar-refractivity contribution is 0.0929. The first-order valence-corrected chi connectivity index (χ1v) is 8.94. The summed E-state index contributed by atoms with van der Waals surface area (Å²) >= 11 is 3.51. The zero-order chi connectivity index (χ0) is 16.9. The third kappa shape index (κ3) is 5.21. The number of carbonyl (C=O) groups excluding carboxylic acids is 1. The largest absolute Gasteiger partial charge is 0.488 e. The van der Waals surface area contributed by atoms with Gasteiger partial charge in [0.1, 0.15) is 12.4 Å². The van der Waals surface area contributed by atoms with Gasteiger partial charge in [0.05, 0.1) is 5.56 Å². The molecule has 0 bridgehead atoms. The normalized spacial score (nSPS) is 14.3. The van der Waals surface area contributed by atoms with Crippen LogP contribution in [0.4, 0.5) is 0 Å². The zero-order valence-corrected chi connectivity index (χ0v) is 16.2. The number of para-hydroxylation sites is 1. The molecule has 1 aliphatic carbocycles. The van der Waals surface area contributed by atoms with Gasteiger partial charge in [0.25, 0.3) is 5.91 Å². The molecule has 3 rings (SSSR count). The van der Waals surface area contributed by atoms with E-state index < -0.39 is 0 Å². The number of benzene rings is 2. The van der Waals surface area contributed by atoms with Crippen molar-refractivity contribution in [1.29, 1.82) is 0 Å². The van der Waals surface area contributed by atoms with Crippen LogP contribution in [0, 0.1) is 5.92 Å². The van der Waals surface area contributed by atoms with E-state index in [1.807, 2.05) is 42.5 Å². The molecule has 1 saturated carbocycles. The number of ether oxygens (including phenoxy) is 1. The summed E-state index contributed by atoms with van der Waals surface area (Å²) in [5.41, 5.74) is 7.36. The molecule has 0 radical (unpaired) electrons. The highest BCUT2D eigenvalue weighted by Crippen LogP contribution is 2.32. The summed E-state index contributed by atoms with van der Waals surface area (Å²) < 4.78 is 6.88. The third-order valence-electron chi connectivity index (χ3n) is 4.23. The van der Waals surface area contributed by atoms with Gasteiger partial charge in [-0.25, -0.2) is 0 Å². The number of halogens is 2. The van der Waals surface area contributed by atoms with Crippen LogP contribution in [0.15, 0.2) is 53.0 Å². The van der Waals surface area contributed by atoms with E-state index in [0.717, 1.165) is 22.9 Å². The maximum atomic E-state index is 12.6. The molecule has 0 aliphatic heterocycles. The molecule has 0 spiro atoms. The van der Waals surface area contributed by atoms with Crippen molar-refractivity contribution >= 4 is 34.2 Å². The molecule has 1 aliphatic rings. The number of rotatable bonds is 7. The lowest BCUT2D eigenvalue weighted by Crippen LogP contribution is -2.41. The van der Waals surface area contributed by atoms with Gasteiger partial charge in [-0.1, -0.05) is 46.3 Å². The van der Waals surface area contributed by atoms with Crippen LogP contribution < -0.4 is 15.8 Å². The van der Waals surface area contributed by atoms with Crippen molar-refractivity contribution in [2.75, 3.05) is 6.54 Å². The van der Waals surface area contributed by atoms with Crippen LogP contribution in [0.2, 0.25) is 0 Å². The Morgan fingerprint density at radius 1 is 1.20 bits per heavy atom. The molecule has 1 fully saturated rings. The second-order valence-corrected chi connectivity index (χ2v) is 6.88. The molecule has 2 aromatic carbocycles. The van der Waals surface area contributed by atoms with Gasteiger partial charge in [0, 0.05) is 22.6 Å². The summed E-state index contributed by atoms with van der Waals surface area (Å²) in [5, 5.41) is 3.04. The Labute approximate surface area is 162 Å². The number of nitrogens with one attached hydrogen (secondary N) is 1. The van der Waals surface area contributed by atoms with Gasteiger partial charge in [0.2, 0.25) is 0 Å². The van der Waals surface area contributed by atoms with Crippen LogP contribution in [0.1, 0.15) is 28.8 Å². The number of hydrogen-bond donors (Lipinski definition) is 2. The van der Waals surface area contributed by atoms with Gasteiger partial charge in [0.15, 0.2) is 0 Å². The molecule has 0 aromatic heterocycles. The Morgan fingerprint density at radius 3 is 2.56 bits per heavy atom. The molecule has 0 saturated heterocycles. The fourth-order valence-corrected chi connectivity index (χ4v) is 3.06. The minimum atomic E-state index is -0.125. The van der Waals surface area contributed by atoms with Gasteiger partial charge in [-0.15, -0.1) is 12.4 Å². The highest BCUT2D eigenvalue weighted by Gasteiger charge is 2.31. The Balaban J connectivity index is 0.00000225. The Hall–Kier alpha value is -1.56. The maximum absolute atomic E-state index is 12.6. The van der Waals surface area contributed by atoms with E-state index in [-0.39, 0.29) is 24.4 Å². The van der Waals surface area contributed by atoms with Crippen molar-refractivity contribution in [3.63, 3.8) is 0 Å². The molecule has 6 heteroatoms. The van der Waals surface area contributed by atoms with Crippen LogP contribution in [-0.4, -0.2) is 18.5 Å². The van der Waals surface area contributed by atoms with Crippen LogP contribution in [0.3, 0.4) is 0 Å². The van der Waals surface area contributed by atoms with Crippen molar-refractivity contribution in [1.82, 2.24) is 5.32 Å². The van der Waals surface area contributed by atoms with Crippen LogP contribution in [0.5, 0.6) is 5.75 Å². The first-order valence-electron chi connectivity index (χ1n) is 8.15. The van der Waals surface area contributed by atoms with E-state index in [2.05, 4.69) is 21.2 Å². The molecule has 1 amide bonds. The predicted molar refractivity (Wildman–Crippen MR) is 105 cm³/mol. The Bertz CT molecular complexity index is 722. The molecule has 1 unspecified atom stereocenters. The first kappa shape index (κ1) is 19.8. The maximum Gasteiger partial charge on any atom is 0.255 e. The summed E-state index contributed by atoms with van der Waals surface area (Å²) in [7, 11) is 0. The highest BCUT2D eigenvalue weighted by molar-refractivity contribution is 9.10.